The molecule has 0 spiro atoms. The number of hydrogen-bond donors (Lipinski definition) is 1. The molecule has 0 aromatic heterocycles. The summed E-state index contributed by atoms with van der Waals surface area (Å²) in [5.41, 5.74) is 0.660. The van der Waals surface area contributed by atoms with Gasteiger partial charge in [-0.1, -0.05) is 25.5 Å². The van der Waals surface area contributed by atoms with E-state index in [0.717, 1.165) is 25.7 Å². The maximum atomic E-state index is 13.8. The number of ether oxygens (including phenoxy) is 1. The first-order valence-corrected chi connectivity index (χ1v) is 6.18. The van der Waals surface area contributed by atoms with Crippen LogP contribution in [0.3, 0.4) is 0 Å². The summed E-state index contributed by atoms with van der Waals surface area (Å²) >= 11 is 0. The molecule has 1 unspecified atom stereocenters. The molecule has 0 aliphatic carbocycles. The van der Waals surface area contributed by atoms with E-state index in [9.17, 15) is 9.50 Å². The first-order valence-electron chi connectivity index (χ1n) is 6.18. The van der Waals surface area contributed by atoms with Gasteiger partial charge in [0.25, 0.3) is 0 Å². The van der Waals surface area contributed by atoms with Gasteiger partial charge in [-0.3, -0.25) is 0 Å². The van der Waals surface area contributed by atoms with Crippen molar-refractivity contribution in [2.45, 2.75) is 45.1 Å². The molecule has 1 aromatic rings. The largest absolute Gasteiger partial charge is 0.494 e. The molecule has 17 heavy (non-hydrogen) atoms. The van der Waals surface area contributed by atoms with Crippen molar-refractivity contribution >= 4 is 0 Å². The Bertz CT molecular complexity index is 339. The summed E-state index contributed by atoms with van der Waals surface area (Å²) in [4.78, 5) is 0. The van der Waals surface area contributed by atoms with Gasteiger partial charge in [0.2, 0.25) is 0 Å². The molecule has 0 radical (unpaired) electrons. The third kappa shape index (κ3) is 4.35. The highest BCUT2D eigenvalue weighted by molar-refractivity contribution is 5.31. The molecule has 0 aliphatic heterocycles. The Morgan fingerprint density at radius 3 is 2.76 bits per heavy atom. The van der Waals surface area contributed by atoms with E-state index >= 15 is 0 Å². The van der Waals surface area contributed by atoms with Gasteiger partial charge in [0, 0.05) is 0 Å². The summed E-state index contributed by atoms with van der Waals surface area (Å²) < 4.78 is 18.7. The van der Waals surface area contributed by atoms with Crippen LogP contribution in [0.1, 0.15) is 38.2 Å². The van der Waals surface area contributed by atoms with Gasteiger partial charge in [0.15, 0.2) is 11.6 Å². The maximum absolute atomic E-state index is 13.8. The lowest BCUT2D eigenvalue weighted by Crippen LogP contribution is -2.06. The van der Waals surface area contributed by atoms with Crippen molar-refractivity contribution in [1.82, 2.24) is 0 Å². The smallest absolute Gasteiger partial charge is 0.168 e. The van der Waals surface area contributed by atoms with Crippen molar-refractivity contribution in [1.29, 1.82) is 0 Å². The van der Waals surface area contributed by atoms with E-state index < -0.39 is 0 Å². The van der Waals surface area contributed by atoms with Gasteiger partial charge in [-0.15, -0.1) is 0 Å². The second kappa shape index (κ2) is 7.28. The molecule has 3 heteroatoms. The monoisotopic (exact) mass is 240 g/mol. The van der Waals surface area contributed by atoms with Crippen LogP contribution >= 0.6 is 0 Å². The van der Waals surface area contributed by atoms with Crippen molar-refractivity contribution in [2.24, 2.45) is 0 Å². The fourth-order valence-electron chi connectivity index (χ4n) is 1.91. The topological polar surface area (TPSA) is 29.5 Å². The van der Waals surface area contributed by atoms with Crippen molar-refractivity contribution in [2.75, 3.05) is 7.11 Å². The molecule has 0 heterocycles. The Hall–Kier alpha value is -1.09. The summed E-state index contributed by atoms with van der Waals surface area (Å²) in [7, 11) is 1.47. The molecule has 1 atom stereocenters. The molecule has 0 aliphatic rings. The number of aryl methyl sites for hydroxylation is 1. The maximum Gasteiger partial charge on any atom is 0.168 e. The lowest BCUT2D eigenvalue weighted by Gasteiger charge is -2.10. The average molecular weight is 240 g/mol. The number of benzene rings is 1. The summed E-state index contributed by atoms with van der Waals surface area (Å²) in [6, 6.07) is 5.18. The standard InChI is InChI=1S/C14H21FO2/c1-3-6-12(16)9-4-7-11-8-5-10-13(17-2)14(11)15/h5,8,10,12,16H,3-4,6-7,9H2,1-2H3. The highest BCUT2D eigenvalue weighted by Gasteiger charge is 2.09. The van der Waals surface area contributed by atoms with Crippen LogP contribution < -0.4 is 4.74 Å². The molecule has 1 aromatic carbocycles. The van der Waals surface area contributed by atoms with Crippen LogP contribution in [0.4, 0.5) is 4.39 Å². The van der Waals surface area contributed by atoms with E-state index in [2.05, 4.69) is 0 Å². The predicted molar refractivity (Wildman–Crippen MR) is 66.8 cm³/mol. The van der Waals surface area contributed by atoms with Gasteiger partial charge in [0.1, 0.15) is 0 Å². The third-order valence-electron chi connectivity index (χ3n) is 2.87. The van der Waals surface area contributed by atoms with Crippen LogP contribution in [0.2, 0.25) is 0 Å². The molecular formula is C14H21FO2. The predicted octanol–water partition coefficient (Wildman–Crippen LogP) is 3.32. The normalized spacial score (nSPS) is 12.5. The van der Waals surface area contributed by atoms with E-state index in [1.807, 2.05) is 6.92 Å². The summed E-state index contributed by atoms with van der Waals surface area (Å²) in [6.07, 6.45) is 3.71. The molecule has 0 saturated heterocycles. The van der Waals surface area contributed by atoms with E-state index in [1.165, 1.54) is 7.11 Å². The van der Waals surface area contributed by atoms with Crippen molar-refractivity contribution in [3.05, 3.63) is 29.6 Å². The Morgan fingerprint density at radius 1 is 1.35 bits per heavy atom. The Morgan fingerprint density at radius 2 is 2.12 bits per heavy atom. The summed E-state index contributed by atoms with van der Waals surface area (Å²) in [5, 5.41) is 9.58. The first-order chi connectivity index (χ1) is 8.19. The molecule has 0 fully saturated rings. The number of hydrogen-bond acceptors (Lipinski definition) is 2. The zero-order valence-corrected chi connectivity index (χ0v) is 10.6. The summed E-state index contributed by atoms with van der Waals surface area (Å²) in [6.45, 7) is 2.05. The first kappa shape index (κ1) is 14.0. The number of methoxy groups -OCH3 is 1. The van der Waals surface area contributed by atoms with Gasteiger partial charge in [0.05, 0.1) is 13.2 Å². The summed E-state index contributed by atoms with van der Waals surface area (Å²) in [5.74, 6) is 0.0107. The Balaban J connectivity index is 2.46. The van der Waals surface area contributed by atoms with Gasteiger partial charge in [-0.05, 0) is 37.3 Å². The van der Waals surface area contributed by atoms with E-state index in [0.29, 0.717) is 12.0 Å². The third-order valence-corrected chi connectivity index (χ3v) is 2.87. The number of aliphatic hydroxyl groups is 1. The van der Waals surface area contributed by atoms with Gasteiger partial charge >= 0.3 is 0 Å². The minimum atomic E-state index is -0.278. The SMILES string of the molecule is CCCC(O)CCCc1cccc(OC)c1F. The molecule has 0 saturated carbocycles. The fraction of sp³-hybridized carbons (Fsp3) is 0.571. The molecule has 1 rings (SSSR count). The second-order valence-electron chi connectivity index (χ2n) is 4.27. The van der Waals surface area contributed by atoms with Gasteiger partial charge < -0.3 is 9.84 Å². The average Bonchev–Trinajstić information content (AvgIpc) is 2.32. The van der Waals surface area contributed by atoms with Crippen LogP contribution in [0, 0.1) is 5.82 Å². The highest BCUT2D eigenvalue weighted by atomic mass is 19.1. The molecule has 0 amide bonds. The molecular weight excluding hydrogens is 219 g/mol. The highest BCUT2D eigenvalue weighted by Crippen LogP contribution is 2.21. The zero-order chi connectivity index (χ0) is 12.7. The quantitative estimate of drug-likeness (QED) is 0.792. The Kier molecular flexibility index (Phi) is 5.98. The minimum Gasteiger partial charge on any atom is -0.494 e. The van der Waals surface area contributed by atoms with E-state index in [-0.39, 0.29) is 17.7 Å². The van der Waals surface area contributed by atoms with E-state index in [1.54, 1.807) is 18.2 Å². The number of rotatable bonds is 7. The van der Waals surface area contributed by atoms with Gasteiger partial charge in [-0.2, -0.15) is 0 Å². The van der Waals surface area contributed by atoms with Crippen LogP contribution in [-0.2, 0) is 6.42 Å². The van der Waals surface area contributed by atoms with Crippen LogP contribution in [0.15, 0.2) is 18.2 Å². The lowest BCUT2D eigenvalue weighted by molar-refractivity contribution is 0.151. The Labute approximate surface area is 102 Å². The zero-order valence-electron chi connectivity index (χ0n) is 10.6. The van der Waals surface area contributed by atoms with Crippen molar-refractivity contribution in [3.63, 3.8) is 0 Å². The minimum absolute atomic E-state index is 0.256. The fourth-order valence-corrected chi connectivity index (χ4v) is 1.91. The molecule has 0 bridgehead atoms. The van der Waals surface area contributed by atoms with Crippen LogP contribution in [0.25, 0.3) is 0 Å². The van der Waals surface area contributed by atoms with E-state index in [4.69, 9.17) is 4.74 Å². The lowest BCUT2D eigenvalue weighted by atomic mass is 10.0. The number of aliphatic hydroxyl groups excluding tert-OH is 1. The van der Waals surface area contributed by atoms with Crippen molar-refractivity contribution < 1.29 is 14.2 Å². The van der Waals surface area contributed by atoms with Gasteiger partial charge in [-0.25, -0.2) is 4.39 Å². The second-order valence-corrected chi connectivity index (χ2v) is 4.27. The van der Waals surface area contributed by atoms with Crippen molar-refractivity contribution in [3.8, 4) is 5.75 Å². The van der Waals surface area contributed by atoms with Crippen LogP contribution in [0.5, 0.6) is 5.75 Å². The van der Waals surface area contributed by atoms with Crippen LogP contribution in [-0.4, -0.2) is 18.3 Å². The molecule has 2 nitrogen and oxygen atoms in total. The molecule has 96 valence electrons. The molecule has 1 N–H and O–H groups in total. The number of halogens is 1.